The lowest BCUT2D eigenvalue weighted by molar-refractivity contribution is 0.102. The highest BCUT2D eigenvalue weighted by atomic mass is 32.2. The SMILES string of the molecule is CC(C)CCOc1cccc(NC(=O)c2ccc(NSCCO)cc2)n1.CN1CCC2(CC1)CC2. The van der Waals surface area contributed by atoms with Gasteiger partial charge in [-0.3, -0.25) is 4.79 Å². The number of anilines is 2. The first kappa shape index (κ1) is 27.3. The Morgan fingerprint density at radius 2 is 1.86 bits per heavy atom. The number of hydrogen-bond donors (Lipinski definition) is 3. The van der Waals surface area contributed by atoms with Crippen LogP contribution < -0.4 is 14.8 Å². The number of aliphatic hydroxyl groups excluding tert-OH is 1. The minimum Gasteiger partial charge on any atom is -0.478 e. The van der Waals surface area contributed by atoms with E-state index in [2.05, 4.69) is 40.8 Å². The summed E-state index contributed by atoms with van der Waals surface area (Å²) >= 11 is 1.41. The third-order valence-electron chi connectivity index (χ3n) is 6.45. The molecule has 0 atom stereocenters. The lowest BCUT2D eigenvalue weighted by atomic mass is 9.94. The Hall–Kier alpha value is -2.29. The van der Waals surface area contributed by atoms with Gasteiger partial charge in [0.25, 0.3) is 5.91 Å². The second-order valence-electron chi connectivity index (χ2n) is 9.90. The van der Waals surface area contributed by atoms with E-state index in [-0.39, 0.29) is 12.5 Å². The van der Waals surface area contributed by atoms with Crippen molar-refractivity contribution in [3.63, 3.8) is 0 Å². The standard InChI is InChI=1S/C19H25N3O3S.C8H15N/c1-14(2)10-12-25-18-5-3-4-17(20-18)21-19(24)15-6-8-16(9-7-15)22-26-13-11-23;1-9-6-4-8(2-3-8)5-7-9/h3-9,14,22-23H,10-13H2,1-2H3,(H,20,21,24);2-7H2,1H3. The van der Waals surface area contributed by atoms with Crippen molar-refractivity contribution in [1.82, 2.24) is 9.88 Å². The number of likely N-dealkylation sites (tertiary alicyclic amines) is 1. The molecule has 1 spiro atoms. The van der Waals surface area contributed by atoms with E-state index < -0.39 is 0 Å². The molecule has 4 rings (SSSR count). The lowest BCUT2D eigenvalue weighted by Crippen LogP contribution is -2.30. The van der Waals surface area contributed by atoms with Gasteiger partial charge in [0.15, 0.2) is 0 Å². The fraction of sp³-hybridized carbons (Fsp3) is 0.556. The molecule has 3 N–H and O–H groups in total. The van der Waals surface area contributed by atoms with Crippen LogP contribution in [0, 0.1) is 11.3 Å². The first-order chi connectivity index (χ1) is 16.9. The third-order valence-corrected chi connectivity index (χ3v) is 7.21. The molecule has 1 saturated heterocycles. The van der Waals surface area contributed by atoms with Gasteiger partial charge in [-0.1, -0.05) is 31.9 Å². The van der Waals surface area contributed by atoms with Crippen LogP contribution in [-0.4, -0.2) is 60.0 Å². The highest BCUT2D eigenvalue weighted by molar-refractivity contribution is 8.00. The van der Waals surface area contributed by atoms with Crippen LogP contribution in [0.4, 0.5) is 11.5 Å². The predicted molar refractivity (Wildman–Crippen MR) is 145 cm³/mol. The number of carbonyl (C=O) groups excluding carboxylic acids is 1. The Bertz CT molecular complexity index is 909. The van der Waals surface area contributed by atoms with Crippen molar-refractivity contribution in [1.29, 1.82) is 0 Å². The van der Waals surface area contributed by atoms with Crippen molar-refractivity contribution in [2.75, 3.05) is 49.1 Å². The molecule has 192 valence electrons. The van der Waals surface area contributed by atoms with E-state index in [0.29, 0.717) is 35.5 Å². The molecule has 2 heterocycles. The molecule has 0 unspecified atom stereocenters. The number of aliphatic hydroxyl groups is 1. The van der Waals surface area contributed by atoms with Crippen LogP contribution in [0.2, 0.25) is 0 Å². The fourth-order valence-corrected chi connectivity index (χ4v) is 4.29. The van der Waals surface area contributed by atoms with Gasteiger partial charge in [0.1, 0.15) is 5.82 Å². The third kappa shape index (κ3) is 9.70. The van der Waals surface area contributed by atoms with Gasteiger partial charge < -0.3 is 24.8 Å². The monoisotopic (exact) mass is 500 g/mol. The van der Waals surface area contributed by atoms with Gasteiger partial charge in [-0.2, -0.15) is 4.98 Å². The topological polar surface area (TPSA) is 86.7 Å². The van der Waals surface area contributed by atoms with Gasteiger partial charge >= 0.3 is 0 Å². The van der Waals surface area contributed by atoms with Crippen LogP contribution in [0.1, 0.15) is 56.3 Å². The zero-order valence-corrected chi connectivity index (χ0v) is 22.1. The normalized spacial score (nSPS) is 16.4. The Morgan fingerprint density at radius 1 is 1.14 bits per heavy atom. The molecule has 2 aliphatic rings. The van der Waals surface area contributed by atoms with Crippen LogP contribution in [-0.2, 0) is 0 Å². The van der Waals surface area contributed by atoms with E-state index in [1.165, 1.54) is 50.7 Å². The van der Waals surface area contributed by atoms with Crippen LogP contribution in [0.5, 0.6) is 5.88 Å². The first-order valence-corrected chi connectivity index (χ1v) is 13.6. The quantitative estimate of drug-likeness (QED) is 0.301. The van der Waals surface area contributed by atoms with Crippen molar-refractivity contribution in [3.05, 3.63) is 48.0 Å². The zero-order chi connectivity index (χ0) is 25.1. The Kier molecular flexibility index (Phi) is 10.7. The maximum absolute atomic E-state index is 12.3. The molecule has 8 heteroatoms. The highest BCUT2D eigenvalue weighted by Crippen LogP contribution is 2.53. The van der Waals surface area contributed by atoms with Gasteiger partial charge in [0.2, 0.25) is 5.88 Å². The summed E-state index contributed by atoms with van der Waals surface area (Å²) in [5.41, 5.74) is 2.28. The van der Waals surface area contributed by atoms with Crippen molar-refractivity contribution in [3.8, 4) is 5.88 Å². The van der Waals surface area contributed by atoms with Crippen LogP contribution in [0.3, 0.4) is 0 Å². The number of nitrogens with one attached hydrogen (secondary N) is 2. The number of rotatable bonds is 10. The molecule has 0 bridgehead atoms. The molecular formula is C27H40N4O3S. The molecule has 2 fully saturated rings. The molecule has 1 aliphatic carbocycles. The summed E-state index contributed by atoms with van der Waals surface area (Å²) < 4.78 is 8.71. The minimum atomic E-state index is -0.230. The predicted octanol–water partition coefficient (Wildman–Crippen LogP) is 5.30. The number of amides is 1. The summed E-state index contributed by atoms with van der Waals surface area (Å²) in [7, 11) is 2.23. The number of pyridine rings is 1. The average Bonchev–Trinajstić information content (AvgIpc) is 3.61. The van der Waals surface area contributed by atoms with Crippen molar-refractivity contribution in [2.45, 2.75) is 46.0 Å². The van der Waals surface area contributed by atoms with Gasteiger partial charge in [0, 0.05) is 23.1 Å². The van der Waals surface area contributed by atoms with Crippen LogP contribution >= 0.6 is 11.9 Å². The zero-order valence-electron chi connectivity index (χ0n) is 21.3. The van der Waals surface area contributed by atoms with Crippen LogP contribution in [0.25, 0.3) is 0 Å². The molecule has 1 aliphatic heterocycles. The van der Waals surface area contributed by atoms with Crippen molar-refractivity contribution >= 4 is 29.4 Å². The largest absolute Gasteiger partial charge is 0.478 e. The first-order valence-electron chi connectivity index (χ1n) is 12.6. The van der Waals surface area contributed by atoms with Gasteiger partial charge in [-0.25, -0.2) is 0 Å². The van der Waals surface area contributed by atoms with E-state index >= 15 is 0 Å². The highest BCUT2D eigenvalue weighted by Gasteiger charge is 2.43. The molecule has 1 amide bonds. The van der Waals surface area contributed by atoms with Gasteiger partial charge in [0.05, 0.1) is 13.2 Å². The van der Waals surface area contributed by atoms with Crippen LogP contribution in [0.15, 0.2) is 42.5 Å². The molecule has 1 aromatic heterocycles. The number of carbonyl (C=O) groups is 1. The maximum Gasteiger partial charge on any atom is 0.256 e. The fourth-order valence-electron chi connectivity index (χ4n) is 3.79. The molecular weight excluding hydrogens is 460 g/mol. The van der Waals surface area contributed by atoms with E-state index in [9.17, 15) is 4.79 Å². The van der Waals surface area contributed by atoms with E-state index in [1.54, 1.807) is 30.3 Å². The van der Waals surface area contributed by atoms with E-state index in [0.717, 1.165) is 17.5 Å². The number of ether oxygens (including phenoxy) is 1. The summed E-state index contributed by atoms with van der Waals surface area (Å²) in [6, 6.07) is 12.4. The number of benzene rings is 1. The number of piperidine rings is 1. The molecule has 0 radical (unpaired) electrons. The summed E-state index contributed by atoms with van der Waals surface area (Å²) in [5.74, 6) is 1.90. The van der Waals surface area contributed by atoms with E-state index in [1.807, 2.05) is 12.1 Å². The summed E-state index contributed by atoms with van der Waals surface area (Å²) in [6.45, 7) is 7.69. The van der Waals surface area contributed by atoms with Gasteiger partial charge in [-0.15, -0.1) is 0 Å². The summed E-state index contributed by atoms with van der Waals surface area (Å²) in [4.78, 5) is 19.1. The number of nitrogens with zero attached hydrogens (tertiary/aromatic N) is 2. The molecule has 7 nitrogen and oxygen atoms in total. The van der Waals surface area contributed by atoms with E-state index in [4.69, 9.17) is 9.84 Å². The summed E-state index contributed by atoms with van der Waals surface area (Å²) in [6.07, 6.45) is 6.96. The molecule has 1 saturated carbocycles. The Balaban J connectivity index is 0.000000313. The average molecular weight is 501 g/mol. The second-order valence-corrected chi connectivity index (χ2v) is 10.8. The maximum atomic E-state index is 12.3. The second kappa shape index (κ2) is 13.7. The Labute approximate surface area is 214 Å². The Morgan fingerprint density at radius 3 is 2.49 bits per heavy atom. The minimum absolute atomic E-state index is 0.116. The number of hydrogen-bond acceptors (Lipinski definition) is 7. The van der Waals surface area contributed by atoms with Crippen molar-refractivity contribution in [2.24, 2.45) is 11.3 Å². The summed E-state index contributed by atoms with van der Waals surface area (Å²) in [5, 5.41) is 11.5. The number of aromatic nitrogens is 1. The molecule has 35 heavy (non-hydrogen) atoms. The smallest absolute Gasteiger partial charge is 0.256 e. The van der Waals surface area contributed by atoms with Crippen molar-refractivity contribution < 1.29 is 14.6 Å². The molecule has 2 aromatic rings. The lowest BCUT2D eigenvalue weighted by Gasteiger charge is -2.28. The molecule has 1 aromatic carbocycles. The van der Waals surface area contributed by atoms with Gasteiger partial charge in [-0.05, 0) is 93.9 Å².